The van der Waals surface area contributed by atoms with Crippen LogP contribution in [0.1, 0.15) is 13.3 Å². The number of hydrogen-bond donors (Lipinski definition) is 2. The second-order valence-electron chi connectivity index (χ2n) is 3.36. The quantitative estimate of drug-likeness (QED) is 0.580. The molecule has 1 heterocycles. The monoisotopic (exact) mass is 159 g/mol. The van der Waals surface area contributed by atoms with Gasteiger partial charge in [0.15, 0.2) is 0 Å². The van der Waals surface area contributed by atoms with Crippen LogP contribution in [-0.2, 0) is 0 Å². The lowest BCUT2D eigenvalue weighted by Crippen LogP contribution is -2.42. The molecule has 0 spiro atoms. The molecule has 0 unspecified atom stereocenters. The van der Waals surface area contributed by atoms with Gasteiger partial charge in [-0.1, -0.05) is 6.92 Å². The number of piperidine rings is 1. The first-order valence-corrected chi connectivity index (χ1v) is 4.25. The summed E-state index contributed by atoms with van der Waals surface area (Å²) in [7, 11) is 0. The van der Waals surface area contributed by atoms with Crippen LogP contribution in [0.4, 0.5) is 0 Å². The highest BCUT2D eigenvalue weighted by Gasteiger charge is 2.23. The number of aliphatic hydroxyl groups is 2. The van der Waals surface area contributed by atoms with Crippen LogP contribution in [0.3, 0.4) is 0 Å². The Morgan fingerprint density at radius 1 is 1.55 bits per heavy atom. The van der Waals surface area contributed by atoms with Crippen LogP contribution in [0.25, 0.3) is 0 Å². The van der Waals surface area contributed by atoms with Gasteiger partial charge in [-0.15, -0.1) is 0 Å². The summed E-state index contributed by atoms with van der Waals surface area (Å²) in [5.41, 5.74) is 0. The van der Waals surface area contributed by atoms with Crippen LogP contribution in [0.5, 0.6) is 0 Å². The van der Waals surface area contributed by atoms with E-state index >= 15 is 0 Å². The van der Waals surface area contributed by atoms with E-state index in [0.29, 0.717) is 5.92 Å². The summed E-state index contributed by atoms with van der Waals surface area (Å²) in [6.07, 6.45) is 0.714. The summed E-state index contributed by atoms with van der Waals surface area (Å²) in [6, 6.07) is 0. The van der Waals surface area contributed by atoms with Crippen molar-refractivity contribution in [1.29, 1.82) is 0 Å². The molecule has 0 aromatic carbocycles. The third kappa shape index (κ3) is 2.43. The Bertz CT molecular complexity index is 119. The molecule has 2 N–H and O–H groups in total. The van der Waals surface area contributed by atoms with E-state index in [9.17, 15) is 5.11 Å². The molecule has 1 aliphatic heterocycles. The van der Waals surface area contributed by atoms with Gasteiger partial charge in [-0.2, -0.15) is 0 Å². The Morgan fingerprint density at radius 2 is 2.27 bits per heavy atom. The highest BCUT2D eigenvalue weighted by molar-refractivity contribution is 4.76. The van der Waals surface area contributed by atoms with Crippen molar-refractivity contribution in [2.24, 2.45) is 5.92 Å². The van der Waals surface area contributed by atoms with Gasteiger partial charge in [-0.05, 0) is 12.3 Å². The highest BCUT2D eigenvalue weighted by atomic mass is 16.3. The Labute approximate surface area is 67.6 Å². The summed E-state index contributed by atoms with van der Waals surface area (Å²) in [5.74, 6) is 0.357. The number of aliphatic hydroxyl groups excluding tert-OH is 2. The highest BCUT2D eigenvalue weighted by Crippen LogP contribution is 2.15. The summed E-state index contributed by atoms with van der Waals surface area (Å²) in [5, 5.41) is 18.0. The maximum atomic E-state index is 9.37. The molecule has 0 bridgehead atoms. The van der Waals surface area contributed by atoms with E-state index in [1.807, 2.05) is 6.92 Å². The van der Waals surface area contributed by atoms with Gasteiger partial charge in [0.2, 0.25) is 0 Å². The lowest BCUT2D eigenvalue weighted by Gasteiger charge is -2.33. The number of hydrogen-bond acceptors (Lipinski definition) is 3. The van der Waals surface area contributed by atoms with Gasteiger partial charge in [-0.25, -0.2) is 0 Å². The molecule has 0 aromatic rings. The minimum atomic E-state index is -0.134. The fraction of sp³-hybridized carbons (Fsp3) is 1.00. The van der Waals surface area contributed by atoms with Crippen molar-refractivity contribution in [3.8, 4) is 0 Å². The van der Waals surface area contributed by atoms with Crippen molar-refractivity contribution in [2.45, 2.75) is 19.4 Å². The molecule has 0 radical (unpaired) electrons. The van der Waals surface area contributed by atoms with Gasteiger partial charge in [-0.3, -0.25) is 0 Å². The maximum Gasteiger partial charge on any atom is 0.0590 e. The molecule has 3 nitrogen and oxygen atoms in total. The van der Waals surface area contributed by atoms with Crippen molar-refractivity contribution in [1.82, 2.24) is 4.90 Å². The number of β-amino-alcohol motifs (C(OH)–C–C–N with tert-alkyl or cyclic N) is 1. The van der Waals surface area contributed by atoms with Crippen molar-refractivity contribution >= 4 is 0 Å². The molecule has 0 aliphatic carbocycles. The second-order valence-corrected chi connectivity index (χ2v) is 3.36. The molecular weight excluding hydrogens is 142 g/mol. The van der Waals surface area contributed by atoms with E-state index in [1.165, 1.54) is 0 Å². The SMILES string of the molecule is C[C@@H]1CN(CCO)CC[C@H]1O. The minimum Gasteiger partial charge on any atom is -0.395 e. The molecule has 1 saturated heterocycles. The Hall–Kier alpha value is -0.120. The van der Waals surface area contributed by atoms with Crippen molar-refractivity contribution < 1.29 is 10.2 Å². The smallest absolute Gasteiger partial charge is 0.0590 e. The number of likely N-dealkylation sites (tertiary alicyclic amines) is 1. The van der Waals surface area contributed by atoms with Crippen LogP contribution < -0.4 is 0 Å². The fourth-order valence-corrected chi connectivity index (χ4v) is 1.56. The molecule has 0 aromatic heterocycles. The van der Waals surface area contributed by atoms with Crippen molar-refractivity contribution in [3.05, 3.63) is 0 Å². The molecule has 1 rings (SSSR count). The van der Waals surface area contributed by atoms with E-state index in [4.69, 9.17) is 5.11 Å². The molecule has 2 atom stereocenters. The van der Waals surface area contributed by atoms with Crippen molar-refractivity contribution in [2.75, 3.05) is 26.2 Å². The van der Waals surface area contributed by atoms with E-state index in [2.05, 4.69) is 4.90 Å². The summed E-state index contributed by atoms with van der Waals surface area (Å²) in [6.45, 7) is 4.86. The molecule has 1 fully saturated rings. The van der Waals surface area contributed by atoms with Crippen molar-refractivity contribution in [3.63, 3.8) is 0 Å². The standard InChI is InChI=1S/C8H17NO2/c1-7-6-9(4-5-10)3-2-8(7)11/h7-8,10-11H,2-6H2,1H3/t7-,8-/m1/s1. The topological polar surface area (TPSA) is 43.7 Å². The van der Waals surface area contributed by atoms with E-state index in [1.54, 1.807) is 0 Å². The first kappa shape index (κ1) is 8.97. The Morgan fingerprint density at radius 3 is 2.82 bits per heavy atom. The number of nitrogens with zero attached hydrogens (tertiary/aromatic N) is 1. The van der Waals surface area contributed by atoms with Gasteiger partial charge in [0.05, 0.1) is 12.7 Å². The largest absolute Gasteiger partial charge is 0.395 e. The third-order valence-electron chi connectivity index (χ3n) is 2.36. The lowest BCUT2D eigenvalue weighted by molar-refractivity contribution is 0.0290. The van der Waals surface area contributed by atoms with Gasteiger partial charge < -0.3 is 15.1 Å². The molecule has 0 amide bonds. The Kier molecular flexibility index (Phi) is 3.30. The number of rotatable bonds is 2. The van der Waals surface area contributed by atoms with Gasteiger partial charge >= 0.3 is 0 Å². The maximum absolute atomic E-state index is 9.37. The Balaban J connectivity index is 2.28. The van der Waals surface area contributed by atoms with E-state index in [0.717, 1.165) is 26.1 Å². The zero-order valence-electron chi connectivity index (χ0n) is 7.03. The molecule has 11 heavy (non-hydrogen) atoms. The van der Waals surface area contributed by atoms with Crippen LogP contribution in [0, 0.1) is 5.92 Å². The normalized spacial score (nSPS) is 34.1. The first-order chi connectivity index (χ1) is 5.24. The third-order valence-corrected chi connectivity index (χ3v) is 2.36. The molecule has 0 saturated carbocycles. The van der Waals surface area contributed by atoms with Gasteiger partial charge in [0.25, 0.3) is 0 Å². The lowest BCUT2D eigenvalue weighted by atomic mass is 9.97. The van der Waals surface area contributed by atoms with Crippen LogP contribution >= 0.6 is 0 Å². The van der Waals surface area contributed by atoms with Gasteiger partial charge in [0.1, 0.15) is 0 Å². The predicted octanol–water partition coefficient (Wildman–Crippen LogP) is -0.319. The van der Waals surface area contributed by atoms with E-state index in [-0.39, 0.29) is 12.7 Å². The molecule has 66 valence electrons. The van der Waals surface area contributed by atoms with Gasteiger partial charge in [0, 0.05) is 19.6 Å². The van der Waals surface area contributed by atoms with Crippen LogP contribution in [-0.4, -0.2) is 47.5 Å². The minimum absolute atomic E-state index is 0.134. The van der Waals surface area contributed by atoms with Crippen LogP contribution in [0.2, 0.25) is 0 Å². The first-order valence-electron chi connectivity index (χ1n) is 4.25. The average molecular weight is 159 g/mol. The zero-order chi connectivity index (χ0) is 8.27. The summed E-state index contributed by atoms with van der Waals surface area (Å²) in [4.78, 5) is 2.19. The second kappa shape index (κ2) is 4.04. The zero-order valence-corrected chi connectivity index (χ0v) is 7.03. The molecule has 3 heteroatoms. The molecular formula is C8H17NO2. The predicted molar refractivity (Wildman–Crippen MR) is 43.3 cm³/mol. The summed E-state index contributed by atoms with van der Waals surface area (Å²) >= 11 is 0. The average Bonchev–Trinajstić information content (AvgIpc) is 1.98. The van der Waals surface area contributed by atoms with E-state index < -0.39 is 0 Å². The summed E-state index contributed by atoms with van der Waals surface area (Å²) < 4.78 is 0. The fourth-order valence-electron chi connectivity index (χ4n) is 1.56. The van der Waals surface area contributed by atoms with Crippen LogP contribution in [0.15, 0.2) is 0 Å². The molecule has 1 aliphatic rings.